The van der Waals surface area contributed by atoms with Gasteiger partial charge in [0.2, 0.25) is 0 Å². The molecule has 0 fully saturated rings. The Morgan fingerprint density at radius 2 is 2.50 bits per heavy atom. The molecule has 1 N–H and O–H groups in total. The zero-order valence-electron chi connectivity index (χ0n) is 6.29. The number of hydrogen-bond donors (Lipinski definition) is 1. The Kier molecular flexibility index (Phi) is 2.95. The molecule has 0 saturated carbocycles. The van der Waals surface area contributed by atoms with Gasteiger partial charge in [0.25, 0.3) is 0 Å². The Hall–Kier alpha value is -1.72. The first-order chi connectivity index (χ1) is 5.79. The monoisotopic (exact) mass is 168 g/mol. The van der Waals surface area contributed by atoms with Gasteiger partial charge in [-0.3, -0.25) is 0 Å². The van der Waals surface area contributed by atoms with Crippen molar-refractivity contribution in [2.45, 2.75) is 13.0 Å². The van der Waals surface area contributed by atoms with Crippen molar-refractivity contribution < 1.29 is 9.90 Å². The van der Waals surface area contributed by atoms with E-state index in [0.29, 0.717) is 13.0 Å². The molecule has 0 unspecified atom stereocenters. The third-order valence-electron chi connectivity index (χ3n) is 1.18. The highest BCUT2D eigenvalue weighted by Gasteiger charge is 1.89. The molecule has 0 aliphatic heterocycles. The molecular weight excluding hydrogens is 160 g/mol. The zero-order valence-corrected chi connectivity index (χ0v) is 6.29. The largest absolute Gasteiger partial charge is 0.478 e. The van der Waals surface area contributed by atoms with Gasteiger partial charge in [-0.05, 0) is 16.8 Å². The highest BCUT2D eigenvalue weighted by molar-refractivity contribution is 5.79. The van der Waals surface area contributed by atoms with Crippen LogP contribution in [0.2, 0.25) is 0 Å². The molecule has 0 amide bonds. The fourth-order valence-corrected chi connectivity index (χ4v) is 0.674. The van der Waals surface area contributed by atoms with Gasteiger partial charge in [-0.1, -0.05) is 6.08 Å². The topological polar surface area (TPSA) is 80.9 Å². The van der Waals surface area contributed by atoms with Gasteiger partial charge in [-0.2, -0.15) is 0 Å². The minimum absolute atomic E-state index is 0.594. The van der Waals surface area contributed by atoms with E-state index in [-0.39, 0.29) is 0 Å². The maximum Gasteiger partial charge on any atom is 0.327 e. The van der Waals surface area contributed by atoms with Gasteiger partial charge in [-0.25, -0.2) is 9.48 Å². The van der Waals surface area contributed by atoms with Gasteiger partial charge in [0.1, 0.15) is 6.33 Å². The first kappa shape index (κ1) is 8.38. The highest BCUT2D eigenvalue weighted by atomic mass is 16.4. The van der Waals surface area contributed by atoms with E-state index >= 15 is 0 Å². The molecular formula is C6H8N4O2. The van der Waals surface area contributed by atoms with Crippen molar-refractivity contribution in [3.63, 3.8) is 0 Å². The molecule has 1 heterocycles. The van der Waals surface area contributed by atoms with E-state index in [4.69, 9.17) is 5.11 Å². The van der Waals surface area contributed by atoms with Gasteiger partial charge in [-0.15, -0.1) is 5.10 Å². The van der Waals surface area contributed by atoms with Crippen LogP contribution in [0.3, 0.4) is 0 Å². The summed E-state index contributed by atoms with van der Waals surface area (Å²) < 4.78 is 1.53. The number of allylic oxidation sites excluding steroid dienone is 1. The van der Waals surface area contributed by atoms with Crippen LogP contribution in [-0.4, -0.2) is 31.3 Å². The molecule has 0 radical (unpaired) electrons. The van der Waals surface area contributed by atoms with Crippen LogP contribution in [0, 0.1) is 0 Å². The molecule has 64 valence electrons. The number of carbonyl (C=O) groups is 1. The van der Waals surface area contributed by atoms with E-state index < -0.39 is 5.97 Å². The molecule has 12 heavy (non-hydrogen) atoms. The Labute approximate surface area is 68.5 Å². The van der Waals surface area contributed by atoms with Crippen molar-refractivity contribution in [1.29, 1.82) is 0 Å². The van der Waals surface area contributed by atoms with Crippen LogP contribution in [0.4, 0.5) is 0 Å². The Bertz CT molecular complexity index is 267. The zero-order chi connectivity index (χ0) is 8.81. The van der Waals surface area contributed by atoms with E-state index in [1.165, 1.54) is 11.0 Å². The number of carboxylic acid groups (broad SMARTS) is 1. The van der Waals surface area contributed by atoms with E-state index in [0.717, 1.165) is 6.08 Å². The van der Waals surface area contributed by atoms with Crippen LogP contribution in [0.5, 0.6) is 0 Å². The third-order valence-corrected chi connectivity index (χ3v) is 1.18. The molecule has 1 rings (SSSR count). The number of aliphatic carboxylic acids is 1. The molecule has 0 atom stereocenters. The van der Waals surface area contributed by atoms with Crippen LogP contribution in [0.25, 0.3) is 0 Å². The molecule has 6 heteroatoms. The Balaban J connectivity index is 2.23. The second-order valence-electron chi connectivity index (χ2n) is 2.10. The summed E-state index contributed by atoms with van der Waals surface area (Å²) in [6.07, 6.45) is 4.75. The standard InChI is InChI=1S/C6H8N4O2/c11-6(12)3-1-2-4-10-5-7-8-9-10/h1,3,5H,2,4H2,(H,11,12)/b3-1+. The predicted molar refractivity (Wildman–Crippen MR) is 39.2 cm³/mol. The normalized spacial score (nSPS) is 10.7. The van der Waals surface area contributed by atoms with Crippen LogP contribution in [-0.2, 0) is 11.3 Å². The van der Waals surface area contributed by atoms with E-state index in [9.17, 15) is 4.79 Å². The minimum Gasteiger partial charge on any atom is -0.478 e. The van der Waals surface area contributed by atoms with Gasteiger partial charge >= 0.3 is 5.97 Å². The van der Waals surface area contributed by atoms with Crippen molar-refractivity contribution >= 4 is 5.97 Å². The van der Waals surface area contributed by atoms with Crippen LogP contribution in [0.15, 0.2) is 18.5 Å². The van der Waals surface area contributed by atoms with E-state index in [1.807, 2.05) is 0 Å². The van der Waals surface area contributed by atoms with Crippen molar-refractivity contribution in [2.75, 3.05) is 0 Å². The van der Waals surface area contributed by atoms with Crippen molar-refractivity contribution in [1.82, 2.24) is 20.2 Å². The maximum absolute atomic E-state index is 10.0. The lowest BCUT2D eigenvalue weighted by Gasteiger charge is -1.91. The SMILES string of the molecule is O=C(O)/C=C/CCn1cnnn1. The third kappa shape index (κ3) is 2.91. The molecule has 1 aromatic rings. The van der Waals surface area contributed by atoms with E-state index in [1.54, 1.807) is 6.08 Å². The number of aryl methyl sites for hydroxylation is 1. The summed E-state index contributed by atoms with van der Waals surface area (Å²) >= 11 is 0. The molecule has 0 aliphatic carbocycles. The average molecular weight is 168 g/mol. The number of rotatable bonds is 4. The van der Waals surface area contributed by atoms with Gasteiger partial charge in [0.15, 0.2) is 0 Å². The summed E-state index contributed by atoms with van der Waals surface area (Å²) in [5.41, 5.74) is 0. The fourth-order valence-electron chi connectivity index (χ4n) is 0.674. The predicted octanol–water partition coefficient (Wildman–Crippen LogP) is -0.296. The first-order valence-corrected chi connectivity index (χ1v) is 3.39. The summed E-state index contributed by atoms with van der Waals surface area (Å²) in [6.45, 7) is 0.594. The molecule has 0 saturated heterocycles. The summed E-state index contributed by atoms with van der Waals surface area (Å²) in [4.78, 5) is 10.0. The second kappa shape index (κ2) is 4.22. The van der Waals surface area contributed by atoms with Crippen LogP contribution in [0.1, 0.15) is 6.42 Å². The van der Waals surface area contributed by atoms with Gasteiger partial charge < -0.3 is 5.11 Å². The van der Waals surface area contributed by atoms with Crippen molar-refractivity contribution in [3.8, 4) is 0 Å². The number of aromatic nitrogens is 4. The van der Waals surface area contributed by atoms with Crippen molar-refractivity contribution in [2.24, 2.45) is 0 Å². The Morgan fingerprint density at radius 3 is 3.08 bits per heavy atom. The van der Waals surface area contributed by atoms with Gasteiger partial charge in [0, 0.05) is 12.6 Å². The lowest BCUT2D eigenvalue weighted by atomic mass is 10.4. The van der Waals surface area contributed by atoms with Crippen LogP contribution >= 0.6 is 0 Å². The smallest absolute Gasteiger partial charge is 0.327 e. The number of hydrogen-bond acceptors (Lipinski definition) is 4. The molecule has 0 aliphatic rings. The van der Waals surface area contributed by atoms with Crippen molar-refractivity contribution in [3.05, 3.63) is 18.5 Å². The summed E-state index contributed by atoms with van der Waals surface area (Å²) in [7, 11) is 0. The molecule has 6 nitrogen and oxygen atoms in total. The average Bonchev–Trinajstić information content (AvgIpc) is 2.49. The lowest BCUT2D eigenvalue weighted by molar-refractivity contribution is -0.131. The first-order valence-electron chi connectivity index (χ1n) is 3.39. The van der Waals surface area contributed by atoms with E-state index in [2.05, 4.69) is 15.5 Å². The Morgan fingerprint density at radius 1 is 1.67 bits per heavy atom. The number of tetrazole rings is 1. The molecule has 0 spiro atoms. The minimum atomic E-state index is -0.938. The van der Waals surface area contributed by atoms with Gasteiger partial charge in [0.05, 0.1) is 0 Å². The molecule has 0 aromatic carbocycles. The summed E-state index contributed by atoms with van der Waals surface area (Å²) in [5, 5.41) is 18.7. The second-order valence-corrected chi connectivity index (χ2v) is 2.10. The number of carboxylic acids is 1. The highest BCUT2D eigenvalue weighted by Crippen LogP contribution is 1.87. The maximum atomic E-state index is 10.0. The lowest BCUT2D eigenvalue weighted by Crippen LogP contribution is -1.97. The number of nitrogens with zero attached hydrogens (tertiary/aromatic N) is 4. The summed E-state index contributed by atoms with van der Waals surface area (Å²) in [5.74, 6) is -0.938. The van der Waals surface area contributed by atoms with Crippen LogP contribution < -0.4 is 0 Å². The fraction of sp³-hybridized carbons (Fsp3) is 0.333. The molecule has 0 bridgehead atoms. The summed E-state index contributed by atoms with van der Waals surface area (Å²) in [6, 6.07) is 0. The molecule has 1 aromatic heterocycles. The quantitative estimate of drug-likeness (QED) is 0.624.